The third-order valence-corrected chi connectivity index (χ3v) is 9.80. The lowest BCUT2D eigenvalue weighted by molar-refractivity contribution is 0.148. The summed E-state index contributed by atoms with van der Waals surface area (Å²) in [6.07, 6.45) is 12.2. The van der Waals surface area contributed by atoms with Gasteiger partial charge in [-0.1, -0.05) is 51.5 Å². The summed E-state index contributed by atoms with van der Waals surface area (Å²) in [5, 5.41) is 19.5. The van der Waals surface area contributed by atoms with Gasteiger partial charge in [-0.25, -0.2) is 9.79 Å². The summed E-state index contributed by atoms with van der Waals surface area (Å²) >= 11 is 0. The summed E-state index contributed by atoms with van der Waals surface area (Å²) in [6.45, 7) is 11.8. The Morgan fingerprint density at radius 1 is 1.08 bits per heavy atom. The van der Waals surface area contributed by atoms with Crippen LogP contribution in [0.15, 0.2) is 71.8 Å². The van der Waals surface area contributed by atoms with Crippen molar-refractivity contribution in [1.29, 1.82) is 0 Å². The average Bonchev–Trinajstić information content (AvgIpc) is 3.71. The number of likely N-dealkylation sites (tertiary alicyclic amines) is 1. The number of aromatic nitrogens is 5. The van der Waals surface area contributed by atoms with Crippen LogP contribution < -0.4 is 21.1 Å². The van der Waals surface area contributed by atoms with E-state index in [1.54, 1.807) is 12.3 Å². The summed E-state index contributed by atoms with van der Waals surface area (Å²) < 4.78 is 10.5. The van der Waals surface area contributed by atoms with Crippen LogP contribution in [-0.2, 0) is 13.1 Å². The van der Waals surface area contributed by atoms with Gasteiger partial charge >= 0.3 is 6.03 Å². The lowest BCUT2D eigenvalue weighted by Gasteiger charge is -2.33. The molecule has 4 heterocycles. The highest BCUT2D eigenvalue weighted by Crippen LogP contribution is 2.39. The molecule has 0 spiro atoms. The topological polar surface area (TPSA) is 143 Å². The fourth-order valence-corrected chi connectivity index (χ4v) is 6.60. The van der Waals surface area contributed by atoms with E-state index < -0.39 is 0 Å². The molecule has 3 atom stereocenters. The number of fused-ring (bicyclic) bond motifs is 2. The number of nitrogens with one attached hydrogen (secondary N) is 2. The van der Waals surface area contributed by atoms with Gasteiger partial charge in [-0.05, 0) is 76.5 Å². The molecule has 3 aromatic heterocycles. The molecule has 1 aromatic carbocycles. The van der Waals surface area contributed by atoms with Gasteiger partial charge in [0.1, 0.15) is 23.4 Å². The Kier molecular flexibility index (Phi) is 11.1. The summed E-state index contributed by atoms with van der Waals surface area (Å²) in [4.78, 5) is 22.8. The van der Waals surface area contributed by atoms with Crippen LogP contribution >= 0.6 is 0 Å². The number of urea groups is 1. The number of likely N-dealkylation sites (N-methyl/N-ethyl adjacent to an activating group) is 1. The molecule has 51 heavy (non-hydrogen) atoms. The molecule has 13 nitrogen and oxygen atoms in total. The maximum Gasteiger partial charge on any atom is 0.320 e. The molecule has 0 radical (unpaired) electrons. The number of pyridine rings is 1. The minimum atomic E-state index is -0.362. The largest absolute Gasteiger partial charge is 0.484 e. The van der Waals surface area contributed by atoms with Crippen molar-refractivity contribution < 1.29 is 9.53 Å². The SMILES string of the molecule is CC1CCCCN1Cc1nnc2ccc(OC3CCC(NC(=O)NC(C=C(N)C(C)(C)C)=Nc4cnn(CCN(C)C)c4)c4ccccc43)cn12. The number of amides is 2. The van der Waals surface area contributed by atoms with E-state index in [1.165, 1.54) is 19.3 Å². The predicted octanol–water partition coefficient (Wildman–Crippen LogP) is 5.73. The van der Waals surface area contributed by atoms with E-state index in [-0.39, 0.29) is 23.6 Å². The van der Waals surface area contributed by atoms with E-state index in [4.69, 9.17) is 15.5 Å². The summed E-state index contributed by atoms with van der Waals surface area (Å²) in [7, 11) is 4.04. The second-order valence-electron chi connectivity index (χ2n) is 15.1. The number of rotatable bonds is 10. The number of hydrogen-bond donors (Lipinski definition) is 3. The number of nitrogens with two attached hydrogens (primary N) is 1. The van der Waals surface area contributed by atoms with Gasteiger partial charge in [0.05, 0.1) is 37.7 Å². The molecule has 3 unspecified atom stereocenters. The van der Waals surface area contributed by atoms with E-state index in [0.717, 1.165) is 60.9 Å². The number of aliphatic imine (C=N–C) groups is 1. The predicted molar refractivity (Wildman–Crippen MR) is 200 cm³/mol. The molecule has 1 fully saturated rings. The van der Waals surface area contributed by atoms with Crippen LogP contribution in [0.3, 0.4) is 0 Å². The second kappa shape index (κ2) is 15.6. The lowest BCUT2D eigenvalue weighted by Crippen LogP contribution is -2.42. The van der Waals surface area contributed by atoms with E-state index in [1.807, 2.05) is 76.2 Å². The van der Waals surface area contributed by atoms with Gasteiger partial charge < -0.3 is 20.7 Å². The van der Waals surface area contributed by atoms with Gasteiger partial charge in [-0.2, -0.15) is 5.10 Å². The van der Waals surface area contributed by atoms with Gasteiger partial charge in [0.15, 0.2) is 11.5 Å². The fourth-order valence-electron chi connectivity index (χ4n) is 6.60. The highest BCUT2D eigenvalue weighted by molar-refractivity contribution is 6.05. The van der Waals surface area contributed by atoms with Crippen LogP contribution in [-0.4, -0.2) is 79.3 Å². The Labute approximate surface area is 301 Å². The fraction of sp³-hybridized carbons (Fsp3) is 0.500. The van der Waals surface area contributed by atoms with Crippen LogP contribution in [0.1, 0.15) is 88.9 Å². The molecule has 4 N–H and O–H groups in total. The molecule has 0 saturated carbocycles. The summed E-state index contributed by atoms with van der Waals surface area (Å²) in [5.41, 5.74) is 10.2. The average molecular weight is 696 g/mol. The maximum atomic E-state index is 13.6. The summed E-state index contributed by atoms with van der Waals surface area (Å²) in [5.74, 6) is 2.02. The zero-order chi connectivity index (χ0) is 36.1. The normalized spacial score (nSPS) is 20.4. The Bertz CT molecular complexity index is 1870. The second-order valence-corrected chi connectivity index (χ2v) is 15.1. The van der Waals surface area contributed by atoms with Crippen molar-refractivity contribution in [1.82, 2.24) is 44.8 Å². The molecule has 2 aliphatic rings. The molecule has 1 saturated heterocycles. The van der Waals surface area contributed by atoms with Crippen molar-refractivity contribution in [3.63, 3.8) is 0 Å². The molecule has 1 aliphatic carbocycles. The molecular formula is C38H53N11O2. The maximum absolute atomic E-state index is 13.6. The van der Waals surface area contributed by atoms with E-state index in [9.17, 15) is 4.79 Å². The zero-order valence-corrected chi connectivity index (χ0v) is 30.8. The Balaban J connectivity index is 1.16. The summed E-state index contributed by atoms with van der Waals surface area (Å²) in [6, 6.07) is 12.0. The molecule has 4 aromatic rings. The van der Waals surface area contributed by atoms with Crippen LogP contribution in [0.5, 0.6) is 5.75 Å². The first-order valence-electron chi connectivity index (χ1n) is 18.1. The highest BCUT2D eigenvalue weighted by Gasteiger charge is 2.30. The number of nitrogens with zero attached hydrogens (tertiary/aromatic N) is 8. The van der Waals surface area contributed by atoms with Gasteiger partial charge in [0.25, 0.3) is 0 Å². The quantitative estimate of drug-likeness (QED) is 0.141. The first kappa shape index (κ1) is 36.1. The van der Waals surface area contributed by atoms with Crippen molar-refractivity contribution in [3.05, 3.63) is 83.7 Å². The Morgan fingerprint density at radius 3 is 2.65 bits per heavy atom. The third kappa shape index (κ3) is 9.14. The molecular weight excluding hydrogens is 642 g/mol. The Hall–Kier alpha value is -4.75. The zero-order valence-electron chi connectivity index (χ0n) is 30.8. The molecule has 13 heteroatoms. The van der Waals surface area contributed by atoms with E-state index >= 15 is 0 Å². The number of piperidine rings is 1. The molecule has 2 amide bonds. The van der Waals surface area contributed by atoms with Crippen LogP contribution in [0.4, 0.5) is 10.5 Å². The van der Waals surface area contributed by atoms with Crippen molar-refractivity contribution >= 4 is 23.2 Å². The van der Waals surface area contributed by atoms with Crippen molar-refractivity contribution in [2.75, 3.05) is 27.2 Å². The van der Waals surface area contributed by atoms with E-state index in [0.29, 0.717) is 29.7 Å². The monoisotopic (exact) mass is 695 g/mol. The van der Waals surface area contributed by atoms with Crippen molar-refractivity contribution in [2.45, 2.75) is 91.1 Å². The van der Waals surface area contributed by atoms with Gasteiger partial charge in [-0.3, -0.25) is 19.3 Å². The van der Waals surface area contributed by atoms with E-state index in [2.05, 4.69) is 59.2 Å². The lowest BCUT2D eigenvalue weighted by atomic mass is 9.85. The van der Waals surface area contributed by atoms with Gasteiger partial charge in [-0.15, -0.1) is 10.2 Å². The number of carbonyl (C=O) groups excluding carboxylic acids is 1. The molecule has 1 aliphatic heterocycles. The number of hydrogen-bond acceptors (Lipinski definition) is 9. The first-order valence-corrected chi connectivity index (χ1v) is 18.1. The molecule has 272 valence electrons. The third-order valence-electron chi connectivity index (χ3n) is 9.80. The Morgan fingerprint density at radius 2 is 1.88 bits per heavy atom. The standard InChI is InChI=1S/C38H53N11O2/c1-26-11-9-10-18-47(26)25-36-45-44-35-17-14-28(24-49(35)36)51-32-16-15-31(29-12-7-8-13-30(29)32)42-37(50)43-34(21-33(39)38(2,3)4)41-27-22-40-48(23-27)20-19-46(5)6/h7-8,12-14,17,21-24,26,31-32H,9-11,15-16,18-20,25,39H2,1-6H3,(H2,41,42,43,50). The molecule has 0 bridgehead atoms. The highest BCUT2D eigenvalue weighted by atomic mass is 16.5. The van der Waals surface area contributed by atoms with Crippen LogP contribution in [0.25, 0.3) is 5.65 Å². The number of allylic oxidation sites excluding steroid dienone is 1. The van der Waals surface area contributed by atoms with Crippen LogP contribution in [0, 0.1) is 5.41 Å². The van der Waals surface area contributed by atoms with Crippen LogP contribution in [0.2, 0.25) is 0 Å². The van der Waals surface area contributed by atoms with Crippen molar-refractivity contribution in [2.24, 2.45) is 16.1 Å². The van der Waals surface area contributed by atoms with Crippen molar-refractivity contribution in [3.8, 4) is 5.75 Å². The van der Waals surface area contributed by atoms with Gasteiger partial charge in [0, 0.05) is 29.8 Å². The molecule has 6 rings (SSSR count). The minimum absolute atomic E-state index is 0.169. The number of amidine groups is 1. The number of ether oxygens (including phenoxy) is 1. The number of carbonyl (C=O) groups is 1. The van der Waals surface area contributed by atoms with Gasteiger partial charge in [0.2, 0.25) is 0 Å². The first-order chi connectivity index (χ1) is 24.4. The minimum Gasteiger partial charge on any atom is -0.484 e. The number of benzene rings is 1. The smallest absolute Gasteiger partial charge is 0.320 e.